The molecule has 184 valence electrons. The van der Waals surface area contributed by atoms with Gasteiger partial charge in [0, 0.05) is 5.02 Å². The van der Waals surface area contributed by atoms with Crippen LogP contribution in [0.15, 0.2) is 66.2 Å². The van der Waals surface area contributed by atoms with Crippen molar-refractivity contribution in [3.05, 3.63) is 92.5 Å². The van der Waals surface area contributed by atoms with Crippen molar-refractivity contribution in [2.75, 3.05) is 19.0 Å². The third kappa shape index (κ3) is 6.74. The van der Waals surface area contributed by atoms with Gasteiger partial charge in [0.15, 0.2) is 11.5 Å². The van der Waals surface area contributed by atoms with Crippen LogP contribution in [0.2, 0.25) is 5.02 Å². The molecule has 0 aliphatic heterocycles. The number of nitrogens with one attached hydrogen (secondary N) is 1. The highest BCUT2D eigenvalue weighted by molar-refractivity contribution is 6.30. The first-order valence-electron chi connectivity index (χ1n) is 10.7. The SMILES string of the molecule is CCOc1cc(/C=C(\C#N)C(=O)Nc2ccc(OC)cc2[N+](=O)[O-])ccc1OCc1cccc(Cl)c1. The number of benzene rings is 3. The van der Waals surface area contributed by atoms with Crippen molar-refractivity contribution in [1.82, 2.24) is 0 Å². The fraction of sp³-hybridized carbons (Fsp3) is 0.154. The van der Waals surface area contributed by atoms with Gasteiger partial charge in [0.1, 0.15) is 29.7 Å². The predicted molar refractivity (Wildman–Crippen MR) is 135 cm³/mol. The number of carbonyl (C=O) groups is 1. The van der Waals surface area contributed by atoms with Crippen LogP contribution in [0.4, 0.5) is 11.4 Å². The second kappa shape index (κ2) is 12.2. The first kappa shape index (κ1) is 26.1. The largest absolute Gasteiger partial charge is 0.496 e. The van der Waals surface area contributed by atoms with Crippen molar-refractivity contribution in [3.8, 4) is 23.3 Å². The molecule has 3 aromatic carbocycles. The Kier molecular flexibility index (Phi) is 8.86. The monoisotopic (exact) mass is 507 g/mol. The summed E-state index contributed by atoms with van der Waals surface area (Å²) < 4.78 is 16.5. The normalized spacial score (nSPS) is 10.8. The van der Waals surface area contributed by atoms with Crippen LogP contribution in [-0.4, -0.2) is 24.5 Å². The minimum atomic E-state index is -0.801. The van der Waals surface area contributed by atoms with E-state index in [1.54, 1.807) is 30.3 Å². The Morgan fingerprint density at radius 3 is 2.61 bits per heavy atom. The van der Waals surface area contributed by atoms with Gasteiger partial charge < -0.3 is 19.5 Å². The van der Waals surface area contributed by atoms with E-state index in [2.05, 4.69) is 5.32 Å². The summed E-state index contributed by atoms with van der Waals surface area (Å²) in [5, 5.41) is 24.0. The van der Waals surface area contributed by atoms with Gasteiger partial charge in [0.25, 0.3) is 11.6 Å². The highest BCUT2D eigenvalue weighted by atomic mass is 35.5. The fourth-order valence-corrected chi connectivity index (χ4v) is 3.40. The molecule has 0 unspecified atom stereocenters. The van der Waals surface area contributed by atoms with Gasteiger partial charge in [-0.1, -0.05) is 29.8 Å². The Labute approximate surface area is 212 Å². The number of nitro groups is 1. The maximum atomic E-state index is 12.7. The number of nitriles is 1. The first-order valence-corrected chi connectivity index (χ1v) is 11.1. The van der Waals surface area contributed by atoms with Gasteiger partial charge in [-0.3, -0.25) is 14.9 Å². The van der Waals surface area contributed by atoms with Crippen LogP contribution < -0.4 is 19.5 Å². The molecular weight excluding hydrogens is 486 g/mol. The number of anilines is 1. The summed E-state index contributed by atoms with van der Waals surface area (Å²) in [6, 6.07) is 18.1. The maximum absolute atomic E-state index is 12.7. The number of nitro benzene ring substituents is 1. The van der Waals surface area contributed by atoms with E-state index in [1.807, 2.05) is 25.1 Å². The van der Waals surface area contributed by atoms with Gasteiger partial charge in [-0.15, -0.1) is 0 Å². The van der Waals surface area contributed by atoms with Crippen molar-refractivity contribution in [3.63, 3.8) is 0 Å². The number of carbonyl (C=O) groups excluding carboxylic acids is 1. The zero-order valence-electron chi connectivity index (χ0n) is 19.5. The summed E-state index contributed by atoms with van der Waals surface area (Å²) in [5.74, 6) is 0.365. The molecular formula is C26H22ClN3O6. The van der Waals surface area contributed by atoms with E-state index in [9.17, 15) is 20.2 Å². The molecule has 3 rings (SSSR count). The molecule has 1 N–H and O–H groups in total. The molecule has 9 nitrogen and oxygen atoms in total. The predicted octanol–water partition coefficient (Wildman–Crippen LogP) is 5.78. The molecule has 0 radical (unpaired) electrons. The molecule has 0 aromatic heterocycles. The lowest BCUT2D eigenvalue weighted by Crippen LogP contribution is -2.14. The topological polar surface area (TPSA) is 124 Å². The summed E-state index contributed by atoms with van der Waals surface area (Å²) in [4.78, 5) is 23.5. The molecule has 36 heavy (non-hydrogen) atoms. The van der Waals surface area contributed by atoms with E-state index in [0.717, 1.165) is 5.56 Å². The number of amides is 1. The van der Waals surface area contributed by atoms with Gasteiger partial charge in [0.05, 0.1) is 24.7 Å². The average molecular weight is 508 g/mol. The second-order valence-electron chi connectivity index (χ2n) is 7.32. The van der Waals surface area contributed by atoms with E-state index >= 15 is 0 Å². The third-order valence-corrected chi connectivity index (χ3v) is 5.11. The van der Waals surface area contributed by atoms with Crippen LogP contribution in [0.25, 0.3) is 6.08 Å². The number of rotatable bonds is 10. The Bertz CT molecular complexity index is 1350. The van der Waals surface area contributed by atoms with Crippen LogP contribution in [0, 0.1) is 21.4 Å². The number of methoxy groups -OCH3 is 1. The summed E-state index contributed by atoms with van der Waals surface area (Å²) in [7, 11) is 1.37. The molecule has 0 spiro atoms. The second-order valence-corrected chi connectivity index (χ2v) is 7.76. The molecule has 0 heterocycles. The van der Waals surface area contributed by atoms with Crippen LogP contribution in [0.1, 0.15) is 18.1 Å². The van der Waals surface area contributed by atoms with E-state index in [4.69, 9.17) is 25.8 Å². The highest BCUT2D eigenvalue weighted by Crippen LogP contribution is 2.31. The number of halogens is 1. The minimum absolute atomic E-state index is 0.0632. The zero-order valence-corrected chi connectivity index (χ0v) is 20.2. The summed E-state index contributed by atoms with van der Waals surface area (Å²) in [5.41, 5.74) is 0.705. The molecule has 0 bridgehead atoms. The summed E-state index contributed by atoms with van der Waals surface area (Å²) in [6.07, 6.45) is 1.36. The van der Waals surface area contributed by atoms with E-state index in [0.29, 0.717) is 28.7 Å². The van der Waals surface area contributed by atoms with Crippen LogP contribution >= 0.6 is 11.6 Å². The van der Waals surface area contributed by atoms with Gasteiger partial charge in [-0.05, 0) is 60.5 Å². The average Bonchev–Trinajstić information content (AvgIpc) is 2.87. The molecule has 0 saturated heterocycles. The van der Waals surface area contributed by atoms with E-state index in [1.165, 1.54) is 31.4 Å². The molecule has 1 amide bonds. The molecule has 0 aliphatic carbocycles. The van der Waals surface area contributed by atoms with Crippen molar-refractivity contribution >= 4 is 35.0 Å². The third-order valence-electron chi connectivity index (χ3n) is 4.88. The lowest BCUT2D eigenvalue weighted by atomic mass is 10.1. The maximum Gasteiger partial charge on any atom is 0.296 e. The number of hydrogen-bond donors (Lipinski definition) is 1. The molecule has 0 fully saturated rings. The Balaban J connectivity index is 1.82. The first-order chi connectivity index (χ1) is 17.3. The summed E-state index contributed by atoms with van der Waals surface area (Å²) in [6.45, 7) is 2.45. The lowest BCUT2D eigenvalue weighted by Gasteiger charge is -2.13. The van der Waals surface area contributed by atoms with Gasteiger partial charge >= 0.3 is 0 Å². The summed E-state index contributed by atoms with van der Waals surface area (Å²) >= 11 is 6.02. The fourth-order valence-electron chi connectivity index (χ4n) is 3.19. The molecule has 10 heteroatoms. The number of hydrogen-bond acceptors (Lipinski definition) is 7. The van der Waals surface area contributed by atoms with Gasteiger partial charge in [-0.25, -0.2) is 0 Å². The van der Waals surface area contributed by atoms with Crippen LogP contribution in [0.5, 0.6) is 17.2 Å². The quantitative estimate of drug-likeness (QED) is 0.159. The van der Waals surface area contributed by atoms with Gasteiger partial charge in [-0.2, -0.15) is 5.26 Å². The van der Waals surface area contributed by atoms with Crippen LogP contribution in [0.3, 0.4) is 0 Å². The lowest BCUT2D eigenvalue weighted by molar-refractivity contribution is -0.384. The highest BCUT2D eigenvalue weighted by Gasteiger charge is 2.19. The Morgan fingerprint density at radius 2 is 1.94 bits per heavy atom. The van der Waals surface area contributed by atoms with E-state index < -0.39 is 10.8 Å². The van der Waals surface area contributed by atoms with E-state index in [-0.39, 0.29) is 29.3 Å². The van der Waals surface area contributed by atoms with Crippen molar-refractivity contribution in [1.29, 1.82) is 5.26 Å². The molecule has 0 atom stereocenters. The van der Waals surface area contributed by atoms with Crippen LogP contribution in [-0.2, 0) is 11.4 Å². The standard InChI is InChI=1S/C26H22ClN3O6/c1-3-35-25-13-17(7-10-24(25)36-16-18-5-4-6-20(27)12-18)11-19(15-28)26(31)29-22-9-8-21(34-2)14-23(22)30(32)33/h4-14H,3,16H2,1-2H3,(H,29,31)/b19-11+. The van der Waals surface area contributed by atoms with Crippen molar-refractivity contribution in [2.45, 2.75) is 13.5 Å². The Hall–Kier alpha value is -4.55. The van der Waals surface area contributed by atoms with Crippen molar-refractivity contribution < 1.29 is 23.9 Å². The molecule has 0 saturated carbocycles. The minimum Gasteiger partial charge on any atom is -0.496 e. The number of ether oxygens (including phenoxy) is 3. The number of nitrogens with zero attached hydrogens (tertiary/aromatic N) is 2. The van der Waals surface area contributed by atoms with Gasteiger partial charge in [0.2, 0.25) is 0 Å². The zero-order chi connectivity index (χ0) is 26.1. The molecule has 3 aromatic rings. The smallest absolute Gasteiger partial charge is 0.296 e. The Morgan fingerprint density at radius 1 is 1.14 bits per heavy atom. The van der Waals surface area contributed by atoms with Crippen molar-refractivity contribution in [2.24, 2.45) is 0 Å². The molecule has 0 aliphatic rings.